The highest BCUT2D eigenvalue weighted by Crippen LogP contribution is 2.26. The van der Waals surface area contributed by atoms with Crippen molar-refractivity contribution >= 4 is 17.7 Å². The number of amides is 1. The molecule has 18 heavy (non-hydrogen) atoms. The number of ether oxygens (including phenoxy) is 1. The SMILES string of the molecule is NC(=O)CC=Cc1ccc(OC(F)(F)F)cc1N. The number of nitrogen functional groups attached to an aromatic ring is 1. The van der Waals surface area contributed by atoms with Gasteiger partial charge in [-0.1, -0.05) is 12.2 Å². The van der Waals surface area contributed by atoms with Gasteiger partial charge in [0.2, 0.25) is 5.91 Å². The van der Waals surface area contributed by atoms with Crippen LogP contribution < -0.4 is 16.2 Å². The van der Waals surface area contributed by atoms with Crippen molar-refractivity contribution in [2.45, 2.75) is 12.8 Å². The van der Waals surface area contributed by atoms with Crippen molar-refractivity contribution in [1.29, 1.82) is 0 Å². The van der Waals surface area contributed by atoms with Crippen molar-refractivity contribution in [1.82, 2.24) is 0 Å². The average Bonchev–Trinajstić information content (AvgIpc) is 2.18. The van der Waals surface area contributed by atoms with E-state index in [2.05, 4.69) is 4.74 Å². The van der Waals surface area contributed by atoms with Gasteiger partial charge in [0.1, 0.15) is 5.75 Å². The molecule has 1 amide bonds. The molecule has 4 N–H and O–H groups in total. The lowest BCUT2D eigenvalue weighted by Crippen LogP contribution is -2.17. The van der Waals surface area contributed by atoms with Crippen LogP contribution >= 0.6 is 0 Å². The van der Waals surface area contributed by atoms with Gasteiger partial charge >= 0.3 is 6.36 Å². The summed E-state index contributed by atoms with van der Waals surface area (Å²) >= 11 is 0. The molecule has 0 aliphatic rings. The van der Waals surface area contributed by atoms with E-state index in [1.807, 2.05) is 0 Å². The topological polar surface area (TPSA) is 78.3 Å². The van der Waals surface area contributed by atoms with Crippen molar-refractivity contribution < 1.29 is 22.7 Å². The first-order chi connectivity index (χ1) is 8.28. The molecular formula is C11H11F3N2O2. The monoisotopic (exact) mass is 260 g/mol. The lowest BCUT2D eigenvalue weighted by molar-refractivity contribution is -0.274. The van der Waals surface area contributed by atoms with Crippen LogP contribution in [-0.4, -0.2) is 12.3 Å². The Morgan fingerprint density at radius 1 is 1.39 bits per heavy atom. The molecule has 1 rings (SSSR count). The summed E-state index contributed by atoms with van der Waals surface area (Å²) in [4.78, 5) is 10.5. The van der Waals surface area contributed by atoms with Crippen LogP contribution in [0, 0.1) is 0 Å². The second kappa shape index (κ2) is 5.44. The third-order valence-corrected chi connectivity index (χ3v) is 1.91. The van der Waals surface area contributed by atoms with Crippen LogP contribution in [0.2, 0.25) is 0 Å². The fraction of sp³-hybridized carbons (Fsp3) is 0.182. The highest BCUT2D eigenvalue weighted by Gasteiger charge is 2.31. The van der Waals surface area contributed by atoms with Gasteiger partial charge in [-0.05, 0) is 17.7 Å². The molecule has 0 fully saturated rings. The second-order valence-corrected chi connectivity index (χ2v) is 3.41. The molecule has 0 unspecified atom stereocenters. The van der Waals surface area contributed by atoms with E-state index in [1.54, 1.807) is 0 Å². The van der Waals surface area contributed by atoms with Crippen LogP contribution in [-0.2, 0) is 4.79 Å². The molecule has 0 radical (unpaired) electrons. The Hall–Kier alpha value is -2.18. The smallest absolute Gasteiger partial charge is 0.406 e. The summed E-state index contributed by atoms with van der Waals surface area (Å²) in [5, 5.41) is 0. The normalized spacial score (nSPS) is 11.7. The summed E-state index contributed by atoms with van der Waals surface area (Å²) in [6.07, 6.45) is -1.76. The third-order valence-electron chi connectivity index (χ3n) is 1.91. The standard InChI is InChI=1S/C11H11F3N2O2/c12-11(13,14)18-8-5-4-7(9(15)6-8)2-1-3-10(16)17/h1-2,4-6H,3,15H2,(H2,16,17). The second-order valence-electron chi connectivity index (χ2n) is 3.41. The van der Waals surface area contributed by atoms with E-state index in [4.69, 9.17) is 11.5 Å². The Morgan fingerprint density at radius 2 is 2.06 bits per heavy atom. The number of hydrogen-bond donors (Lipinski definition) is 2. The van der Waals surface area contributed by atoms with Gasteiger partial charge in [-0.15, -0.1) is 13.2 Å². The van der Waals surface area contributed by atoms with Gasteiger partial charge in [0, 0.05) is 18.2 Å². The molecule has 1 aromatic rings. The van der Waals surface area contributed by atoms with Gasteiger partial charge in [0.15, 0.2) is 0 Å². The number of alkyl halides is 3. The summed E-state index contributed by atoms with van der Waals surface area (Å²) in [5.41, 5.74) is 11.1. The third kappa shape index (κ3) is 4.77. The summed E-state index contributed by atoms with van der Waals surface area (Å²) in [7, 11) is 0. The van der Waals surface area contributed by atoms with E-state index in [1.165, 1.54) is 18.2 Å². The molecule has 98 valence electrons. The number of anilines is 1. The number of hydrogen-bond acceptors (Lipinski definition) is 3. The van der Waals surface area contributed by atoms with Crippen molar-refractivity contribution in [3.05, 3.63) is 29.8 Å². The molecule has 0 saturated carbocycles. The van der Waals surface area contributed by atoms with Gasteiger partial charge in [-0.3, -0.25) is 4.79 Å². The van der Waals surface area contributed by atoms with Crippen LogP contribution in [0.4, 0.5) is 18.9 Å². The zero-order chi connectivity index (χ0) is 13.8. The van der Waals surface area contributed by atoms with Crippen molar-refractivity contribution in [3.63, 3.8) is 0 Å². The van der Waals surface area contributed by atoms with E-state index in [0.29, 0.717) is 5.56 Å². The van der Waals surface area contributed by atoms with Crippen LogP contribution in [0.5, 0.6) is 5.75 Å². The first-order valence-corrected chi connectivity index (χ1v) is 4.88. The molecule has 0 heterocycles. The first-order valence-electron chi connectivity index (χ1n) is 4.88. The number of benzene rings is 1. The number of nitrogens with two attached hydrogens (primary N) is 2. The maximum Gasteiger partial charge on any atom is 0.573 e. The van der Waals surface area contributed by atoms with Gasteiger partial charge in [0.25, 0.3) is 0 Å². The summed E-state index contributed by atoms with van der Waals surface area (Å²) in [6, 6.07) is 3.54. The molecule has 4 nitrogen and oxygen atoms in total. The predicted octanol–water partition coefficient (Wildman–Crippen LogP) is 2.06. The Bertz CT molecular complexity index is 470. The number of rotatable bonds is 4. The zero-order valence-corrected chi connectivity index (χ0v) is 9.20. The van der Waals surface area contributed by atoms with Gasteiger partial charge in [-0.2, -0.15) is 0 Å². The maximum atomic E-state index is 11.9. The average molecular weight is 260 g/mol. The minimum absolute atomic E-state index is 0.0280. The van der Waals surface area contributed by atoms with Crippen LogP contribution in [0.15, 0.2) is 24.3 Å². The van der Waals surface area contributed by atoms with Crippen LogP contribution in [0.25, 0.3) is 6.08 Å². The Balaban J connectivity index is 2.80. The van der Waals surface area contributed by atoms with Crippen molar-refractivity contribution in [2.75, 3.05) is 5.73 Å². The van der Waals surface area contributed by atoms with E-state index in [-0.39, 0.29) is 12.1 Å². The molecule has 0 aromatic heterocycles. The van der Waals surface area contributed by atoms with Crippen molar-refractivity contribution in [3.8, 4) is 5.75 Å². The number of carbonyl (C=O) groups excluding carboxylic acids is 1. The van der Waals surface area contributed by atoms with Gasteiger partial charge in [-0.25, -0.2) is 0 Å². The van der Waals surface area contributed by atoms with E-state index < -0.39 is 18.0 Å². The zero-order valence-electron chi connectivity index (χ0n) is 9.20. The van der Waals surface area contributed by atoms with E-state index >= 15 is 0 Å². The molecule has 0 bridgehead atoms. The fourth-order valence-electron chi connectivity index (χ4n) is 1.20. The number of halogens is 3. The number of primary amides is 1. The first kappa shape index (κ1) is 13.9. The predicted molar refractivity (Wildman–Crippen MR) is 60.4 cm³/mol. The maximum absolute atomic E-state index is 11.9. The molecule has 7 heteroatoms. The summed E-state index contributed by atoms with van der Waals surface area (Å²) in [5.74, 6) is -0.908. The highest BCUT2D eigenvalue weighted by molar-refractivity contribution is 5.77. The molecule has 0 spiro atoms. The number of carbonyl (C=O) groups is 1. The summed E-state index contributed by atoms with van der Waals surface area (Å²) < 4.78 is 39.5. The Labute approximate surface area is 101 Å². The molecule has 0 aliphatic carbocycles. The van der Waals surface area contributed by atoms with Crippen LogP contribution in [0.1, 0.15) is 12.0 Å². The molecule has 0 aliphatic heterocycles. The minimum atomic E-state index is -4.75. The van der Waals surface area contributed by atoms with Gasteiger partial charge in [0.05, 0.1) is 0 Å². The highest BCUT2D eigenvalue weighted by atomic mass is 19.4. The van der Waals surface area contributed by atoms with Crippen LogP contribution in [0.3, 0.4) is 0 Å². The Morgan fingerprint density at radius 3 is 2.56 bits per heavy atom. The minimum Gasteiger partial charge on any atom is -0.406 e. The molecule has 1 aromatic carbocycles. The summed E-state index contributed by atoms with van der Waals surface area (Å²) in [6.45, 7) is 0. The quantitative estimate of drug-likeness (QED) is 0.813. The van der Waals surface area contributed by atoms with E-state index in [0.717, 1.165) is 12.1 Å². The molecule has 0 atom stereocenters. The van der Waals surface area contributed by atoms with Gasteiger partial charge < -0.3 is 16.2 Å². The van der Waals surface area contributed by atoms with Crippen molar-refractivity contribution in [2.24, 2.45) is 5.73 Å². The Kier molecular flexibility index (Phi) is 4.19. The van der Waals surface area contributed by atoms with E-state index in [9.17, 15) is 18.0 Å². The molecule has 0 saturated heterocycles. The fourth-order valence-corrected chi connectivity index (χ4v) is 1.20. The lowest BCUT2D eigenvalue weighted by Gasteiger charge is -2.10. The lowest BCUT2D eigenvalue weighted by atomic mass is 10.1. The largest absolute Gasteiger partial charge is 0.573 e. The molecular weight excluding hydrogens is 249 g/mol.